The monoisotopic (exact) mass is 292 g/mol. The number of ether oxygens (including phenoxy) is 2. The van der Waals surface area contributed by atoms with E-state index in [1.807, 2.05) is 26.0 Å². The van der Waals surface area contributed by atoms with Crippen LogP contribution in [0, 0.1) is 5.92 Å². The Morgan fingerprint density at radius 3 is 2.57 bits per heavy atom. The smallest absolute Gasteiger partial charge is 0.238 e. The Labute approximate surface area is 126 Å². The number of hydrogen-bond donors (Lipinski definition) is 2. The molecule has 0 aromatic heterocycles. The van der Waals surface area contributed by atoms with E-state index < -0.39 is 0 Å². The topological polar surface area (TPSA) is 59.6 Å². The van der Waals surface area contributed by atoms with Crippen molar-refractivity contribution in [3.05, 3.63) is 18.2 Å². The minimum absolute atomic E-state index is 0.0396. The highest BCUT2D eigenvalue weighted by Gasteiger charge is 2.20. The molecular formula is C16H24N2O3. The largest absolute Gasteiger partial charge is 0.490 e. The number of nitrogens with one attached hydrogen (secondary N) is 2. The van der Waals surface area contributed by atoms with Crippen molar-refractivity contribution in [1.29, 1.82) is 0 Å². The van der Waals surface area contributed by atoms with Crippen LogP contribution in [0.4, 0.5) is 5.69 Å². The van der Waals surface area contributed by atoms with Crippen molar-refractivity contribution >= 4 is 11.6 Å². The van der Waals surface area contributed by atoms with Crippen molar-refractivity contribution in [1.82, 2.24) is 5.32 Å². The lowest BCUT2D eigenvalue weighted by atomic mass is 10.2. The van der Waals surface area contributed by atoms with Crippen molar-refractivity contribution in [2.45, 2.75) is 26.7 Å². The van der Waals surface area contributed by atoms with Crippen LogP contribution >= 0.6 is 0 Å². The molecule has 0 aliphatic heterocycles. The number of rotatable bonds is 9. The van der Waals surface area contributed by atoms with Gasteiger partial charge in [0.25, 0.3) is 0 Å². The fourth-order valence-electron chi connectivity index (χ4n) is 2.05. The molecule has 0 radical (unpaired) electrons. The Morgan fingerprint density at radius 1 is 1.19 bits per heavy atom. The maximum Gasteiger partial charge on any atom is 0.238 e. The lowest BCUT2D eigenvalue weighted by Crippen LogP contribution is -2.29. The van der Waals surface area contributed by atoms with Crippen LogP contribution in [0.25, 0.3) is 0 Å². The van der Waals surface area contributed by atoms with Crippen LogP contribution in [0.5, 0.6) is 11.5 Å². The second-order valence-corrected chi connectivity index (χ2v) is 5.15. The van der Waals surface area contributed by atoms with Gasteiger partial charge in [-0.3, -0.25) is 4.79 Å². The van der Waals surface area contributed by atoms with Gasteiger partial charge >= 0.3 is 0 Å². The van der Waals surface area contributed by atoms with E-state index in [-0.39, 0.29) is 5.91 Å². The highest BCUT2D eigenvalue weighted by molar-refractivity contribution is 5.92. The molecule has 5 heteroatoms. The molecule has 0 saturated heterocycles. The van der Waals surface area contributed by atoms with Gasteiger partial charge in [0.15, 0.2) is 11.5 Å². The summed E-state index contributed by atoms with van der Waals surface area (Å²) in [5.74, 6) is 2.09. The summed E-state index contributed by atoms with van der Waals surface area (Å²) in [5, 5.41) is 6.04. The standard InChI is InChI=1S/C16H24N2O3/c1-3-20-14-8-7-13(9-15(14)21-4-2)18-16(19)11-17-10-12-5-6-12/h7-9,12,17H,3-6,10-11H2,1-2H3,(H,18,19). The van der Waals surface area contributed by atoms with Crippen LogP contribution in [0.3, 0.4) is 0 Å². The van der Waals surface area contributed by atoms with Crippen LogP contribution in [0.2, 0.25) is 0 Å². The van der Waals surface area contributed by atoms with Crippen molar-refractivity contribution in [2.24, 2.45) is 5.92 Å². The molecule has 2 rings (SSSR count). The molecule has 1 aromatic rings. The Balaban J connectivity index is 1.88. The predicted octanol–water partition coefficient (Wildman–Crippen LogP) is 2.42. The van der Waals surface area contributed by atoms with Gasteiger partial charge in [0.2, 0.25) is 5.91 Å². The molecule has 5 nitrogen and oxygen atoms in total. The van der Waals surface area contributed by atoms with Crippen molar-refractivity contribution in [2.75, 3.05) is 31.6 Å². The average Bonchev–Trinajstić information content (AvgIpc) is 3.26. The second kappa shape index (κ2) is 7.88. The van der Waals surface area contributed by atoms with E-state index in [9.17, 15) is 4.79 Å². The third-order valence-electron chi connectivity index (χ3n) is 3.24. The molecule has 0 bridgehead atoms. The number of benzene rings is 1. The molecule has 1 aliphatic carbocycles. The highest BCUT2D eigenvalue weighted by atomic mass is 16.5. The first-order valence-corrected chi connectivity index (χ1v) is 7.63. The fourth-order valence-corrected chi connectivity index (χ4v) is 2.05. The minimum atomic E-state index is -0.0396. The van der Waals surface area contributed by atoms with Gasteiger partial charge in [0.1, 0.15) is 0 Å². The molecule has 0 spiro atoms. The molecule has 116 valence electrons. The molecule has 2 N–H and O–H groups in total. The first-order valence-electron chi connectivity index (χ1n) is 7.63. The lowest BCUT2D eigenvalue weighted by molar-refractivity contribution is -0.115. The summed E-state index contributed by atoms with van der Waals surface area (Å²) in [6.07, 6.45) is 2.57. The molecule has 0 heterocycles. The number of anilines is 1. The fraction of sp³-hybridized carbons (Fsp3) is 0.562. The Kier molecular flexibility index (Phi) is 5.87. The second-order valence-electron chi connectivity index (χ2n) is 5.15. The van der Waals surface area contributed by atoms with Crippen LogP contribution in [-0.4, -0.2) is 32.2 Å². The zero-order chi connectivity index (χ0) is 15.1. The first-order chi connectivity index (χ1) is 10.2. The van der Waals surface area contributed by atoms with E-state index in [1.54, 1.807) is 6.07 Å². The van der Waals surface area contributed by atoms with Gasteiger partial charge in [0.05, 0.1) is 19.8 Å². The van der Waals surface area contributed by atoms with E-state index in [4.69, 9.17) is 9.47 Å². The van der Waals surface area contributed by atoms with Gasteiger partial charge in [0, 0.05) is 11.8 Å². The molecule has 1 saturated carbocycles. The highest BCUT2D eigenvalue weighted by Crippen LogP contribution is 2.30. The summed E-state index contributed by atoms with van der Waals surface area (Å²) in [4.78, 5) is 11.8. The van der Waals surface area contributed by atoms with Gasteiger partial charge in [-0.2, -0.15) is 0 Å². The van der Waals surface area contributed by atoms with E-state index in [0.29, 0.717) is 31.3 Å². The zero-order valence-corrected chi connectivity index (χ0v) is 12.8. The predicted molar refractivity (Wildman–Crippen MR) is 83.0 cm³/mol. The summed E-state index contributed by atoms with van der Waals surface area (Å²) in [5.41, 5.74) is 0.722. The number of amides is 1. The summed E-state index contributed by atoms with van der Waals surface area (Å²) in [6.45, 7) is 6.26. The molecule has 1 amide bonds. The van der Waals surface area contributed by atoms with Gasteiger partial charge < -0.3 is 20.1 Å². The van der Waals surface area contributed by atoms with Gasteiger partial charge in [-0.15, -0.1) is 0 Å². The summed E-state index contributed by atoms with van der Waals surface area (Å²) < 4.78 is 11.0. The molecular weight excluding hydrogens is 268 g/mol. The SMILES string of the molecule is CCOc1ccc(NC(=O)CNCC2CC2)cc1OCC. The first kappa shape index (κ1) is 15.6. The maximum absolute atomic E-state index is 11.8. The Bertz CT molecular complexity index is 473. The number of hydrogen-bond acceptors (Lipinski definition) is 4. The van der Waals surface area contributed by atoms with Crippen LogP contribution in [-0.2, 0) is 4.79 Å². The minimum Gasteiger partial charge on any atom is -0.490 e. The molecule has 0 atom stereocenters. The van der Waals surface area contributed by atoms with E-state index in [2.05, 4.69) is 10.6 Å². The van der Waals surface area contributed by atoms with Crippen LogP contribution < -0.4 is 20.1 Å². The maximum atomic E-state index is 11.8. The van der Waals surface area contributed by atoms with Gasteiger partial charge in [-0.05, 0) is 51.3 Å². The van der Waals surface area contributed by atoms with Crippen molar-refractivity contribution < 1.29 is 14.3 Å². The Hall–Kier alpha value is -1.75. The number of carbonyl (C=O) groups is 1. The Morgan fingerprint density at radius 2 is 1.90 bits per heavy atom. The van der Waals surface area contributed by atoms with E-state index >= 15 is 0 Å². The summed E-state index contributed by atoms with van der Waals surface area (Å²) >= 11 is 0. The summed E-state index contributed by atoms with van der Waals surface area (Å²) in [6, 6.07) is 5.45. The number of carbonyl (C=O) groups excluding carboxylic acids is 1. The lowest BCUT2D eigenvalue weighted by Gasteiger charge is -2.13. The average molecular weight is 292 g/mol. The molecule has 1 aromatic carbocycles. The van der Waals surface area contributed by atoms with Crippen molar-refractivity contribution in [3.63, 3.8) is 0 Å². The normalized spacial score (nSPS) is 13.8. The molecule has 1 fully saturated rings. The van der Waals surface area contributed by atoms with Gasteiger partial charge in [-0.1, -0.05) is 0 Å². The van der Waals surface area contributed by atoms with E-state index in [0.717, 1.165) is 18.2 Å². The van der Waals surface area contributed by atoms with E-state index in [1.165, 1.54) is 12.8 Å². The zero-order valence-electron chi connectivity index (χ0n) is 12.8. The summed E-state index contributed by atoms with van der Waals surface area (Å²) in [7, 11) is 0. The van der Waals surface area contributed by atoms with Crippen LogP contribution in [0.1, 0.15) is 26.7 Å². The molecule has 21 heavy (non-hydrogen) atoms. The van der Waals surface area contributed by atoms with Gasteiger partial charge in [-0.25, -0.2) is 0 Å². The quantitative estimate of drug-likeness (QED) is 0.734. The molecule has 1 aliphatic rings. The third-order valence-corrected chi connectivity index (χ3v) is 3.24. The molecule has 0 unspecified atom stereocenters. The van der Waals surface area contributed by atoms with Crippen molar-refractivity contribution in [3.8, 4) is 11.5 Å². The van der Waals surface area contributed by atoms with Crippen LogP contribution in [0.15, 0.2) is 18.2 Å². The third kappa shape index (κ3) is 5.27.